The van der Waals surface area contributed by atoms with E-state index in [1.54, 1.807) is 0 Å². The molecule has 6 heteroatoms. The van der Waals surface area contributed by atoms with Gasteiger partial charge in [0.25, 0.3) is 0 Å². The lowest BCUT2D eigenvalue weighted by Crippen LogP contribution is -2.38. The largest absolute Gasteiger partial charge is 0.354 e. The third-order valence-corrected chi connectivity index (χ3v) is 5.56. The van der Waals surface area contributed by atoms with Crippen molar-refractivity contribution in [1.29, 1.82) is 0 Å². The third kappa shape index (κ3) is 6.40. The molecule has 0 aromatic heterocycles. The lowest BCUT2D eigenvalue weighted by molar-refractivity contribution is -0.120. The summed E-state index contributed by atoms with van der Waals surface area (Å²) in [4.78, 5) is 12.1. The lowest BCUT2D eigenvalue weighted by Gasteiger charge is -2.23. The first kappa shape index (κ1) is 21.0. The molecule has 0 heterocycles. The van der Waals surface area contributed by atoms with Gasteiger partial charge in [-0.2, -0.15) is 0 Å². The zero-order valence-corrected chi connectivity index (χ0v) is 17.2. The first-order chi connectivity index (χ1) is 12.7. The minimum Gasteiger partial charge on any atom is -0.354 e. The number of anilines is 1. The normalized spacial score (nSPS) is 11.4. The summed E-state index contributed by atoms with van der Waals surface area (Å²) in [7, 11) is -3.43. The van der Waals surface area contributed by atoms with E-state index in [0.29, 0.717) is 11.6 Å². The van der Waals surface area contributed by atoms with Gasteiger partial charge in [-0.05, 0) is 36.1 Å². The molecule has 27 heavy (non-hydrogen) atoms. The van der Waals surface area contributed by atoms with Gasteiger partial charge in [0.15, 0.2) is 0 Å². The summed E-state index contributed by atoms with van der Waals surface area (Å²) < 4.78 is 25.6. The lowest BCUT2D eigenvalue weighted by atomic mass is 10.0. The SMILES string of the molecule is Cc1ccc(CC(=O)NCCN(c2ccc(C(C)C)cc2)S(C)(=O)=O)cc1. The highest BCUT2D eigenvalue weighted by molar-refractivity contribution is 7.92. The van der Waals surface area contributed by atoms with Gasteiger partial charge in [-0.3, -0.25) is 9.10 Å². The first-order valence-electron chi connectivity index (χ1n) is 9.06. The molecule has 0 atom stereocenters. The van der Waals surface area contributed by atoms with E-state index in [1.807, 2.05) is 55.5 Å². The Kier molecular flexibility index (Phi) is 7.02. The number of nitrogens with zero attached hydrogens (tertiary/aromatic N) is 1. The molecule has 0 saturated heterocycles. The van der Waals surface area contributed by atoms with Crippen molar-refractivity contribution in [1.82, 2.24) is 5.32 Å². The summed E-state index contributed by atoms with van der Waals surface area (Å²) in [6.45, 7) is 6.63. The fourth-order valence-electron chi connectivity index (χ4n) is 2.76. The van der Waals surface area contributed by atoms with Crippen LogP contribution in [0.3, 0.4) is 0 Å². The molecular weight excluding hydrogens is 360 g/mol. The molecule has 146 valence electrons. The molecule has 0 unspecified atom stereocenters. The Labute approximate surface area is 162 Å². The molecule has 1 amide bonds. The minimum atomic E-state index is -3.43. The van der Waals surface area contributed by atoms with Gasteiger partial charge in [0, 0.05) is 6.54 Å². The number of benzene rings is 2. The summed E-state index contributed by atoms with van der Waals surface area (Å²) >= 11 is 0. The summed E-state index contributed by atoms with van der Waals surface area (Å²) in [5, 5.41) is 2.80. The Hall–Kier alpha value is -2.34. The van der Waals surface area contributed by atoms with Crippen molar-refractivity contribution in [3.05, 3.63) is 65.2 Å². The highest BCUT2D eigenvalue weighted by Crippen LogP contribution is 2.21. The number of carbonyl (C=O) groups excluding carboxylic acids is 1. The summed E-state index contributed by atoms with van der Waals surface area (Å²) in [6, 6.07) is 15.3. The molecule has 2 rings (SSSR count). The van der Waals surface area contributed by atoms with Gasteiger partial charge in [0.1, 0.15) is 0 Å². The fraction of sp³-hybridized carbons (Fsp3) is 0.381. The van der Waals surface area contributed by atoms with E-state index in [9.17, 15) is 13.2 Å². The van der Waals surface area contributed by atoms with Crippen molar-refractivity contribution in [3.8, 4) is 0 Å². The second kappa shape index (κ2) is 9.04. The maximum absolute atomic E-state index is 12.2. The number of sulfonamides is 1. The molecular formula is C21H28N2O3S. The third-order valence-electron chi connectivity index (χ3n) is 4.37. The van der Waals surface area contributed by atoms with E-state index < -0.39 is 10.0 Å². The van der Waals surface area contributed by atoms with Gasteiger partial charge in [-0.25, -0.2) is 8.42 Å². The molecule has 0 aliphatic carbocycles. The van der Waals surface area contributed by atoms with Crippen LogP contribution in [0.25, 0.3) is 0 Å². The molecule has 0 aliphatic rings. The smallest absolute Gasteiger partial charge is 0.232 e. The van der Waals surface area contributed by atoms with Crippen LogP contribution in [-0.2, 0) is 21.2 Å². The Morgan fingerprint density at radius 3 is 2.15 bits per heavy atom. The average Bonchev–Trinajstić information content (AvgIpc) is 2.60. The molecule has 1 N–H and O–H groups in total. The molecule has 0 radical (unpaired) electrons. The number of nitrogens with one attached hydrogen (secondary N) is 1. The molecule has 0 spiro atoms. The van der Waals surface area contributed by atoms with E-state index in [-0.39, 0.29) is 25.4 Å². The zero-order valence-electron chi connectivity index (χ0n) is 16.4. The second-order valence-corrected chi connectivity index (χ2v) is 9.00. The molecule has 0 bridgehead atoms. The first-order valence-corrected chi connectivity index (χ1v) is 10.9. The standard InChI is InChI=1S/C21H28N2O3S/c1-16(2)19-9-11-20(12-10-19)23(27(4,25)26)14-13-22-21(24)15-18-7-5-17(3)6-8-18/h5-12,16H,13-15H2,1-4H3,(H,22,24). The topological polar surface area (TPSA) is 66.5 Å². The van der Waals surface area contributed by atoms with E-state index in [4.69, 9.17) is 0 Å². The molecule has 0 aliphatic heterocycles. The van der Waals surface area contributed by atoms with Crippen molar-refractivity contribution in [2.75, 3.05) is 23.7 Å². The monoisotopic (exact) mass is 388 g/mol. The quantitative estimate of drug-likeness (QED) is 0.755. The number of aryl methyl sites for hydroxylation is 1. The Morgan fingerprint density at radius 1 is 1.04 bits per heavy atom. The van der Waals surface area contributed by atoms with Crippen LogP contribution in [0.5, 0.6) is 0 Å². The fourth-order valence-corrected chi connectivity index (χ4v) is 3.69. The highest BCUT2D eigenvalue weighted by Gasteiger charge is 2.17. The predicted molar refractivity (Wildman–Crippen MR) is 111 cm³/mol. The van der Waals surface area contributed by atoms with Crippen molar-refractivity contribution >= 4 is 21.6 Å². The number of hydrogen-bond donors (Lipinski definition) is 1. The van der Waals surface area contributed by atoms with Gasteiger partial charge in [-0.15, -0.1) is 0 Å². The van der Waals surface area contributed by atoms with E-state index >= 15 is 0 Å². The molecule has 0 fully saturated rings. The molecule has 5 nitrogen and oxygen atoms in total. The van der Waals surface area contributed by atoms with Gasteiger partial charge in [0.05, 0.1) is 24.9 Å². The molecule has 2 aromatic rings. The van der Waals surface area contributed by atoms with Crippen LogP contribution in [0.4, 0.5) is 5.69 Å². The summed E-state index contributed by atoms with van der Waals surface area (Å²) in [6.07, 6.45) is 1.46. The Balaban J connectivity index is 1.96. The molecule has 2 aromatic carbocycles. The number of carbonyl (C=O) groups is 1. The van der Waals surface area contributed by atoms with E-state index in [0.717, 1.165) is 16.7 Å². The highest BCUT2D eigenvalue weighted by atomic mass is 32.2. The number of amides is 1. The van der Waals surface area contributed by atoms with Gasteiger partial charge in [-0.1, -0.05) is 55.8 Å². The number of hydrogen-bond acceptors (Lipinski definition) is 3. The van der Waals surface area contributed by atoms with Gasteiger partial charge in [0.2, 0.25) is 15.9 Å². The van der Waals surface area contributed by atoms with E-state index in [1.165, 1.54) is 10.6 Å². The van der Waals surface area contributed by atoms with Crippen LogP contribution in [0.15, 0.2) is 48.5 Å². The van der Waals surface area contributed by atoms with Crippen molar-refractivity contribution in [3.63, 3.8) is 0 Å². The van der Waals surface area contributed by atoms with Crippen LogP contribution in [0.1, 0.15) is 36.5 Å². The Bertz CT molecular complexity index is 857. The predicted octanol–water partition coefficient (Wildman–Crippen LogP) is 3.24. The maximum Gasteiger partial charge on any atom is 0.232 e. The number of rotatable bonds is 8. The van der Waals surface area contributed by atoms with Crippen molar-refractivity contribution < 1.29 is 13.2 Å². The van der Waals surface area contributed by atoms with Gasteiger partial charge >= 0.3 is 0 Å². The Morgan fingerprint density at radius 2 is 1.63 bits per heavy atom. The van der Waals surface area contributed by atoms with Crippen LogP contribution in [-0.4, -0.2) is 33.7 Å². The van der Waals surface area contributed by atoms with Gasteiger partial charge < -0.3 is 5.32 Å². The zero-order chi connectivity index (χ0) is 20.0. The van der Waals surface area contributed by atoms with Crippen molar-refractivity contribution in [2.45, 2.75) is 33.1 Å². The van der Waals surface area contributed by atoms with Crippen molar-refractivity contribution in [2.24, 2.45) is 0 Å². The van der Waals surface area contributed by atoms with Crippen LogP contribution < -0.4 is 9.62 Å². The average molecular weight is 389 g/mol. The minimum absolute atomic E-state index is 0.123. The second-order valence-electron chi connectivity index (χ2n) is 7.09. The summed E-state index contributed by atoms with van der Waals surface area (Å²) in [5.41, 5.74) is 3.84. The maximum atomic E-state index is 12.2. The van der Waals surface area contributed by atoms with Crippen LogP contribution in [0, 0.1) is 6.92 Å². The van der Waals surface area contributed by atoms with E-state index in [2.05, 4.69) is 19.2 Å². The van der Waals surface area contributed by atoms with Crippen LogP contribution >= 0.6 is 0 Å². The van der Waals surface area contributed by atoms with Crippen LogP contribution in [0.2, 0.25) is 0 Å². The summed E-state index contributed by atoms with van der Waals surface area (Å²) in [5.74, 6) is 0.259. The molecule has 0 saturated carbocycles.